The number of aromatic nitrogens is 2. The van der Waals surface area contributed by atoms with E-state index in [4.69, 9.17) is 0 Å². The van der Waals surface area contributed by atoms with Crippen molar-refractivity contribution in [1.29, 1.82) is 0 Å². The van der Waals surface area contributed by atoms with Crippen molar-refractivity contribution in [3.63, 3.8) is 0 Å². The van der Waals surface area contributed by atoms with E-state index >= 15 is 0 Å². The Kier molecular flexibility index (Phi) is 3.06. The first kappa shape index (κ1) is 11.5. The van der Waals surface area contributed by atoms with E-state index in [2.05, 4.69) is 15.3 Å². The summed E-state index contributed by atoms with van der Waals surface area (Å²) in [6.45, 7) is 3.07. The average Bonchev–Trinajstić information content (AvgIpc) is 2.28. The van der Waals surface area contributed by atoms with Crippen molar-refractivity contribution in [3.8, 4) is 0 Å². The molecule has 3 N–H and O–H groups in total. The summed E-state index contributed by atoms with van der Waals surface area (Å²) < 4.78 is 13.3. The van der Waals surface area contributed by atoms with Gasteiger partial charge in [0.1, 0.15) is 5.82 Å². The molecule has 0 spiro atoms. The van der Waals surface area contributed by atoms with Crippen LogP contribution in [0.2, 0.25) is 0 Å². The molecule has 1 aromatic heterocycles. The van der Waals surface area contributed by atoms with Gasteiger partial charge in [0.05, 0.1) is 11.0 Å². The van der Waals surface area contributed by atoms with Gasteiger partial charge in [0.2, 0.25) is 0 Å². The van der Waals surface area contributed by atoms with Gasteiger partial charge in [-0.1, -0.05) is 6.92 Å². The van der Waals surface area contributed by atoms with Crippen LogP contribution in [0.5, 0.6) is 0 Å². The first-order valence-corrected chi connectivity index (χ1v) is 5.27. The molecule has 2 aromatic rings. The van der Waals surface area contributed by atoms with E-state index in [1.54, 1.807) is 0 Å². The van der Waals surface area contributed by atoms with E-state index in [-0.39, 0.29) is 0 Å². The van der Waals surface area contributed by atoms with Crippen molar-refractivity contribution in [2.24, 2.45) is 0 Å². The predicted octanol–water partition coefficient (Wildman–Crippen LogP) is 0.465. The maximum Gasteiger partial charge on any atom is 0.314 e. The predicted molar refractivity (Wildman–Crippen MR) is 62.5 cm³/mol. The number of benzene rings is 1. The Bertz CT molecular complexity index is 660. The molecule has 0 bridgehead atoms. The second kappa shape index (κ2) is 4.50. The first-order chi connectivity index (χ1) is 8.11. The number of nitrogens with one attached hydrogen (secondary N) is 3. The van der Waals surface area contributed by atoms with Crippen LogP contribution >= 0.6 is 0 Å². The number of H-pyrrole nitrogens is 2. The molecule has 0 aliphatic carbocycles. The summed E-state index contributed by atoms with van der Waals surface area (Å²) in [6.07, 6.45) is 0. The van der Waals surface area contributed by atoms with Gasteiger partial charge in [0.15, 0.2) is 0 Å². The molecule has 1 aromatic carbocycles. The van der Waals surface area contributed by atoms with Gasteiger partial charge in [-0.25, -0.2) is 4.39 Å². The third kappa shape index (κ3) is 2.26. The summed E-state index contributed by atoms with van der Waals surface area (Å²) in [6, 6.07) is 2.52. The van der Waals surface area contributed by atoms with Crippen LogP contribution in [-0.2, 0) is 6.54 Å². The normalized spacial score (nSPS) is 10.9. The highest BCUT2D eigenvalue weighted by Crippen LogP contribution is 2.14. The van der Waals surface area contributed by atoms with Crippen molar-refractivity contribution in [2.45, 2.75) is 13.5 Å². The van der Waals surface area contributed by atoms with Crippen LogP contribution in [0.4, 0.5) is 4.39 Å². The number of hydrogen-bond donors (Lipinski definition) is 3. The Hall–Kier alpha value is -1.95. The summed E-state index contributed by atoms with van der Waals surface area (Å²) in [5.74, 6) is -0.451. The topological polar surface area (TPSA) is 77.8 Å². The maximum absolute atomic E-state index is 13.3. The summed E-state index contributed by atoms with van der Waals surface area (Å²) in [5.41, 5.74) is -0.158. The highest BCUT2D eigenvalue weighted by molar-refractivity contribution is 5.77. The number of hydrogen-bond acceptors (Lipinski definition) is 3. The Labute approximate surface area is 95.7 Å². The third-order valence-electron chi connectivity index (χ3n) is 2.44. The Balaban J connectivity index is 2.69. The van der Waals surface area contributed by atoms with Gasteiger partial charge in [-0.2, -0.15) is 0 Å². The molecule has 0 aliphatic rings. The molecular formula is C11H12FN3O2. The van der Waals surface area contributed by atoms with Crippen LogP contribution < -0.4 is 16.4 Å². The summed E-state index contributed by atoms with van der Waals surface area (Å²) in [5, 5.41) is 3.04. The lowest BCUT2D eigenvalue weighted by atomic mass is 10.1. The van der Waals surface area contributed by atoms with Crippen LogP contribution in [0.3, 0.4) is 0 Å². The molecule has 17 heavy (non-hydrogen) atoms. The molecule has 0 saturated carbocycles. The maximum atomic E-state index is 13.3. The molecule has 0 fully saturated rings. The SMILES string of the molecule is CCNCc1cc(F)cc2[nH]c(=O)c(=O)[nH]c12. The molecule has 0 aliphatic heterocycles. The molecule has 6 heteroatoms. The zero-order valence-electron chi connectivity index (χ0n) is 9.26. The minimum absolute atomic E-state index is 0.294. The lowest BCUT2D eigenvalue weighted by Crippen LogP contribution is -2.29. The lowest BCUT2D eigenvalue weighted by Gasteiger charge is -2.06. The summed E-state index contributed by atoms with van der Waals surface area (Å²) in [4.78, 5) is 27.2. The quantitative estimate of drug-likeness (QED) is 0.679. The van der Waals surface area contributed by atoms with Gasteiger partial charge in [0.25, 0.3) is 0 Å². The molecule has 0 radical (unpaired) electrons. The van der Waals surface area contributed by atoms with Crippen molar-refractivity contribution >= 4 is 11.0 Å². The molecule has 2 rings (SSSR count). The zero-order valence-corrected chi connectivity index (χ0v) is 9.26. The lowest BCUT2D eigenvalue weighted by molar-refractivity contribution is 0.623. The highest BCUT2D eigenvalue weighted by atomic mass is 19.1. The number of fused-ring (bicyclic) bond motifs is 1. The van der Waals surface area contributed by atoms with Gasteiger partial charge < -0.3 is 15.3 Å². The summed E-state index contributed by atoms with van der Waals surface area (Å²) in [7, 11) is 0. The van der Waals surface area contributed by atoms with Crippen LogP contribution in [0, 0.1) is 5.82 Å². The second-order valence-corrected chi connectivity index (χ2v) is 3.68. The molecule has 90 valence electrons. The van der Waals surface area contributed by atoms with E-state index in [9.17, 15) is 14.0 Å². The fourth-order valence-corrected chi connectivity index (χ4v) is 1.66. The van der Waals surface area contributed by atoms with E-state index in [1.165, 1.54) is 12.1 Å². The van der Waals surface area contributed by atoms with Crippen LogP contribution in [0.15, 0.2) is 21.7 Å². The van der Waals surface area contributed by atoms with Crippen molar-refractivity contribution in [3.05, 3.63) is 44.2 Å². The Morgan fingerprint density at radius 2 is 1.94 bits per heavy atom. The monoisotopic (exact) mass is 237 g/mol. The van der Waals surface area contributed by atoms with Crippen molar-refractivity contribution < 1.29 is 4.39 Å². The molecule has 1 heterocycles. The minimum Gasteiger partial charge on any atom is -0.316 e. The molecule has 0 amide bonds. The minimum atomic E-state index is -0.780. The van der Waals surface area contributed by atoms with Gasteiger partial charge >= 0.3 is 11.1 Å². The van der Waals surface area contributed by atoms with Crippen LogP contribution in [0.1, 0.15) is 12.5 Å². The van der Waals surface area contributed by atoms with Gasteiger partial charge in [0, 0.05) is 6.54 Å². The van der Waals surface area contributed by atoms with Crippen molar-refractivity contribution in [2.75, 3.05) is 6.54 Å². The Morgan fingerprint density at radius 1 is 1.24 bits per heavy atom. The number of halogens is 1. The van der Waals surface area contributed by atoms with Gasteiger partial charge in [-0.3, -0.25) is 9.59 Å². The number of rotatable bonds is 3. The standard InChI is InChI=1S/C11H12FN3O2/c1-2-13-5-6-3-7(12)4-8-9(6)15-11(17)10(16)14-8/h3-4,13H,2,5H2,1H3,(H,14,16)(H,15,17). The average molecular weight is 237 g/mol. The van der Waals surface area contributed by atoms with E-state index in [1.807, 2.05) is 6.92 Å². The van der Waals surface area contributed by atoms with Crippen molar-refractivity contribution in [1.82, 2.24) is 15.3 Å². The van der Waals surface area contributed by atoms with E-state index < -0.39 is 16.9 Å². The second-order valence-electron chi connectivity index (χ2n) is 3.68. The van der Waals surface area contributed by atoms with E-state index in [0.717, 1.165) is 6.54 Å². The summed E-state index contributed by atoms with van der Waals surface area (Å²) >= 11 is 0. The zero-order chi connectivity index (χ0) is 12.4. The van der Waals surface area contributed by atoms with Crippen LogP contribution in [-0.4, -0.2) is 16.5 Å². The Morgan fingerprint density at radius 3 is 2.65 bits per heavy atom. The molecular weight excluding hydrogens is 225 g/mol. The molecule has 0 unspecified atom stereocenters. The molecule has 5 nitrogen and oxygen atoms in total. The van der Waals surface area contributed by atoms with E-state index in [0.29, 0.717) is 23.1 Å². The number of aromatic amines is 2. The first-order valence-electron chi connectivity index (χ1n) is 5.27. The third-order valence-corrected chi connectivity index (χ3v) is 2.44. The van der Waals surface area contributed by atoms with Gasteiger partial charge in [-0.05, 0) is 24.2 Å². The largest absolute Gasteiger partial charge is 0.316 e. The molecule has 0 saturated heterocycles. The fourth-order valence-electron chi connectivity index (χ4n) is 1.66. The van der Waals surface area contributed by atoms with Crippen LogP contribution in [0.25, 0.3) is 11.0 Å². The molecule has 0 atom stereocenters. The fraction of sp³-hybridized carbons (Fsp3) is 0.273. The smallest absolute Gasteiger partial charge is 0.314 e. The highest BCUT2D eigenvalue weighted by Gasteiger charge is 2.07. The van der Waals surface area contributed by atoms with Gasteiger partial charge in [-0.15, -0.1) is 0 Å².